The van der Waals surface area contributed by atoms with E-state index in [1.807, 2.05) is 30.3 Å². The van der Waals surface area contributed by atoms with E-state index in [-0.39, 0.29) is 5.75 Å². The average molecular weight is 296 g/mol. The first-order valence-corrected chi connectivity index (χ1v) is 8.92. The van der Waals surface area contributed by atoms with Gasteiger partial charge in [0.15, 0.2) is 5.16 Å². The number of allylic oxidation sites excluding steroid dienone is 1. The largest absolute Gasteiger partial charge is 0.315 e. The standard InChI is InChI=1S/C13H16N2O2S2/c1-3-8-15-12-7-5-4-6-11(12)14-13(15)18-9-10-19(2,16)17/h3-7H,1,8-10H2,2H3. The van der Waals surface area contributed by atoms with Gasteiger partial charge in [-0.1, -0.05) is 30.0 Å². The summed E-state index contributed by atoms with van der Waals surface area (Å²) in [5.74, 6) is 0.675. The summed E-state index contributed by atoms with van der Waals surface area (Å²) in [5.41, 5.74) is 1.97. The third kappa shape index (κ3) is 3.61. The van der Waals surface area contributed by atoms with Crippen LogP contribution in [0, 0.1) is 0 Å². The molecule has 1 aromatic heterocycles. The van der Waals surface area contributed by atoms with E-state index in [0.717, 1.165) is 16.2 Å². The van der Waals surface area contributed by atoms with Gasteiger partial charge in [-0.05, 0) is 12.1 Å². The Balaban J connectivity index is 2.26. The number of imidazole rings is 1. The summed E-state index contributed by atoms with van der Waals surface area (Å²) in [4.78, 5) is 4.53. The Kier molecular flexibility index (Phi) is 4.31. The Hall–Kier alpha value is -1.27. The van der Waals surface area contributed by atoms with Gasteiger partial charge in [0.2, 0.25) is 0 Å². The second-order valence-corrected chi connectivity index (χ2v) is 7.58. The van der Waals surface area contributed by atoms with Crippen molar-refractivity contribution >= 4 is 32.6 Å². The van der Waals surface area contributed by atoms with Gasteiger partial charge in [-0.25, -0.2) is 13.4 Å². The first kappa shape index (κ1) is 14.1. The summed E-state index contributed by atoms with van der Waals surface area (Å²) in [6.45, 7) is 4.42. The van der Waals surface area contributed by atoms with Gasteiger partial charge in [-0.15, -0.1) is 6.58 Å². The molecule has 0 fully saturated rings. The van der Waals surface area contributed by atoms with E-state index < -0.39 is 9.84 Å². The molecule has 0 amide bonds. The van der Waals surface area contributed by atoms with Crippen molar-refractivity contribution in [1.82, 2.24) is 9.55 Å². The topological polar surface area (TPSA) is 52.0 Å². The maximum Gasteiger partial charge on any atom is 0.169 e. The fourth-order valence-corrected chi connectivity index (χ4v) is 3.97. The molecule has 0 N–H and O–H groups in total. The lowest BCUT2D eigenvalue weighted by Crippen LogP contribution is -2.06. The van der Waals surface area contributed by atoms with Crippen LogP contribution in [0.4, 0.5) is 0 Å². The molecular weight excluding hydrogens is 280 g/mol. The molecule has 1 heterocycles. The third-order valence-corrected chi connectivity index (χ3v) is 4.80. The number of nitrogens with zero attached hydrogens (tertiary/aromatic N) is 2. The minimum absolute atomic E-state index is 0.162. The Morgan fingerprint density at radius 1 is 1.42 bits per heavy atom. The first-order chi connectivity index (χ1) is 9.01. The number of para-hydroxylation sites is 2. The monoisotopic (exact) mass is 296 g/mol. The van der Waals surface area contributed by atoms with Gasteiger partial charge >= 0.3 is 0 Å². The van der Waals surface area contributed by atoms with Gasteiger partial charge in [0.1, 0.15) is 9.84 Å². The van der Waals surface area contributed by atoms with Gasteiger partial charge in [0.25, 0.3) is 0 Å². The lowest BCUT2D eigenvalue weighted by Gasteiger charge is -2.05. The lowest BCUT2D eigenvalue weighted by molar-refractivity contribution is 0.603. The fourth-order valence-electron chi connectivity index (χ4n) is 1.75. The maximum absolute atomic E-state index is 11.1. The summed E-state index contributed by atoms with van der Waals surface area (Å²) in [5, 5.41) is 0.838. The highest BCUT2D eigenvalue weighted by Gasteiger charge is 2.11. The number of sulfone groups is 1. The van der Waals surface area contributed by atoms with Crippen LogP contribution in [0.1, 0.15) is 0 Å². The van der Waals surface area contributed by atoms with Crippen LogP contribution in [0.25, 0.3) is 11.0 Å². The Labute approximate surface area is 117 Å². The SMILES string of the molecule is C=CCn1c(SCCS(C)(=O)=O)nc2ccccc21. The van der Waals surface area contributed by atoms with Crippen molar-refractivity contribution in [3.63, 3.8) is 0 Å². The molecule has 0 bridgehead atoms. The van der Waals surface area contributed by atoms with E-state index >= 15 is 0 Å². The minimum atomic E-state index is -2.93. The predicted molar refractivity (Wildman–Crippen MR) is 80.4 cm³/mol. The van der Waals surface area contributed by atoms with Crippen LogP contribution in [-0.4, -0.2) is 35.7 Å². The Morgan fingerprint density at radius 3 is 2.84 bits per heavy atom. The van der Waals surface area contributed by atoms with Crippen LogP contribution in [0.5, 0.6) is 0 Å². The van der Waals surface area contributed by atoms with Gasteiger partial charge in [-0.2, -0.15) is 0 Å². The molecule has 0 radical (unpaired) electrons. The highest BCUT2D eigenvalue weighted by Crippen LogP contribution is 2.24. The molecule has 0 saturated carbocycles. The van der Waals surface area contributed by atoms with Crippen molar-refractivity contribution in [3.8, 4) is 0 Å². The number of benzene rings is 1. The van der Waals surface area contributed by atoms with E-state index in [4.69, 9.17) is 0 Å². The van der Waals surface area contributed by atoms with Gasteiger partial charge in [-0.3, -0.25) is 0 Å². The smallest absolute Gasteiger partial charge is 0.169 e. The summed E-state index contributed by atoms with van der Waals surface area (Å²) in [6.07, 6.45) is 3.06. The van der Waals surface area contributed by atoms with Gasteiger partial charge in [0, 0.05) is 18.6 Å². The van der Waals surface area contributed by atoms with Crippen LogP contribution in [-0.2, 0) is 16.4 Å². The van der Waals surface area contributed by atoms with E-state index in [1.54, 1.807) is 0 Å². The summed E-state index contributed by atoms with van der Waals surface area (Å²) in [6, 6.07) is 7.87. The van der Waals surface area contributed by atoms with E-state index in [2.05, 4.69) is 16.1 Å². The van der Waals surface area contributed by atoms with Crippen molar-refractivity contribution in [2.75, 3.05) is 17.8 Å². The molecule has 0 unspecified atom stereocenters. The molecule has 19 heavy (non-hydrogen) atoms. The Bertz CT molecular complexity index is 690. The highest BCUT2D eigenvalue weighted by molar-refractivity contribution is 8.00. The molecule has 1 aromatic carbocycles. The van der Waals surface area contributed by atoms with Crippen molar-refractivity contribution in [2.24, 2.45) is 0 Å². The molecular formula is C13H16N2O2S2. The minimum Gasteiger partial charge on any atom is -0.315 e. The van der Waals surface area contributed by atoms with Crippen LogP contribution < -0.4 is 0 Å². The number of fused-ring (bicyclic) bond motifs is 1. The number of aromatic nitrogens is 2. The first-order valence-electron chi connectivity index (χ1n) is 5.88. The quantitative estimate of drug-likeness (QED) is 0.606. The highest BCUT2D eigenvalue weighted by atomic mass is 32.2. The summed E-state index contributed by atoms with van der Waals surface area (Å²) in [7, 11) is -2.93. The molecule has 102 valence electrons. The molecule has 4 nitrogen and oxygen atoms in total. The van der Waals surface area contributed by atoms with E-state index in [9.17, 15) is 8.42 Å². The average Bonchev–Trinajstić information content (AvgIpc) is 2.67. The summed E-state index contributed by atoms with van der Waals surface area (Å²) >= 11 is 1.46. The second kappa shape index (κ2) is 5.79. The molecule has 0 spiro atoms. The normalized spacial score (nSPS) is 11.8. The molecule has 0 aliphatic heterocycles. The zero-order valence-corrected chi connectivity index (χ0v) is 12.4. The number of hydrogen-bond acceptors (Lipinski definition) is 4. The van der Waals surface area contributed by atoms with Gasteiger partial charge in [0.05, 0.1) is 16.8 Å². The molecule has 0 saturated heterocycles. The molecule has 6 heteroatoms. The van der Waals surface area contributed by atoms with Crippen LogP contribution in [0.2, 0.25) is 0 Å². The predicted octanol–water partition coefficient (Wildman–Crippen LogP) is 2.36. The number of rotatable bonds is 6. The maximum atomic E-state index is 11.1. The third-order valence-electron chi connectivity index (χ3n) is 2.62. The van der Waals surface area contributed by atoms with Crippen LogP contribution >= 0.6 is 11.8 Å². The molecule has 2 aromatic rings. The van der Waals surface area contributed by atoms with Crippen molar-refractivity contribution in [2.45, 2.75) is 11.7 Å². The zero-order valence-electron chi connectivity index (χ0n) is 10.7. The molecule has 0 aliphatic carbocycles. The zero-order chi connectivity index (χ0) is 13.9. The van der Waals surface area contributed by atoms with Crippen LogP contribution in [0.3, 0.4) is 0 Å². The second-order valence-electron chi connectivity index (χ2n) is 4.26. The van der Waals surface area contributed by atoms with Crippen molar-refractivity contribution in [3.05, 3.63) is 36.9 Å². The van der Waals surface area contributed by atoms with E-state index in [1.165, 1.54) is 18.0 Å². The molecule has 2 rings (SSSR count). The number of hydrogen-bond donors (Lipinski definition) is 0. The van der Waals surface area contributed by atoms with E-state index in [0.29, 0.717) is 12.3 Å². The molecule has 0 atom stereocenters. The van der Waals surface area contributed by atoms with Crippen molar-refractivity contribution < 1.29 is 8.42 Å². The van der Waals surface area contributed by atoms with Crippen LogP contribution in [0.15, 0.2) is 42.1 Å². The summed E-state index contributed by atoms with van der Waals surface area (Å²) < 4.78 is 24.3. The Morgan fingerprint density at radius 2 is 2.16 bits per heavy atom. The van der Waals surface area contributed by atoms with Gasteiger partial charge < -0.3 is 4.57 Å². The lowest BCUT2D eigenvalue weighted by atomic mass is 10.3. The fraction of sp³-hybridized carbons (Fsp3) is 0.308. The molecule has 0 aliphatic rings. The van der Waals surface area contributed by atoms with Crippen molar-refractivity contribution in [1.29, 1.82) is 0 Å². The number of thioether (sulfide) groups is 1.